The zero-order valence-corrected chi connectivity index (χ0v) is 86.4. The van der Waals surface area contributed by atoms with Crippen LogP contribution in [0.1, 0.15) is 185 Å². The Morgan fingerprint density at radius 3 is 1.47 bits per heavy atom. The van der Waals surface area contributed by atoms with Crippen molar-refractivity contribution in [2.45, 2.75) is 184 Å². The van der Waals surface area contributed by atoms with E-state index in [9.17, 15) is 62.8 Å². The largest absolute Gasteiger partial charge is 0.507 e. The number of hydrogen-bond donors (Lipinski definition) is 6. The molecule has 0 aliphatic carbocycles. The second-order valence-corrected chi connectivity index (χ2v) is 46.6. The second-order valence-electron chi connectivity index (χ2n) is 39.6. The number of amides is 4. The fourth-order valence-corrected chi connectivity index (χ4v) is 23.7. The molecule has 0 spiro atoms. The Hall–Kier alpha value is -14.2. The van der Waals surface area contributed by atoms with E-state index >= 15 is 0 Å². The average Bonchev–Trinajstić information content (AvgIpc) is 1.53. The maximum Gasteiger partial charge on any atom is 0.281 e. The van der Waals surface area contributed by atoms with E-state index in [0.717, 1.165) is 95.0 Å². The number of halogens is 1. The second kappa shape index (κ2) is 43.9. The molecular weight excluding hydrogens is 1930 g/mol. The number of phenolic OH excluding ortho intramolecular Hbond substituents is 1. The molecule has 5 aliphatic heterocycles. The number of aryl methyl sites for hydroxylation is 1. The van der Waals surface area contributed by atoms with Crippen LogP contribution >= 0.6 is 11.6 Å². The van der Waals surface area contributed by atoms with Gasteiger partial charge in [-0.15, -0.1) is 0 Å². The molecule has 5 aliphatic rings. The van der Waals surface area contributed by atoms with Crippen molar-refractivity contribution in [3.63, 3.8) is 0 Å². The Balaban J connectivity index is 0.000000152. The summed E-state index contributed by atoms with van der Waals surface area (Å²) in [6.07, 6.45) is 13.0. The summed E-state index contributed by atoms with van der Waals surface area (Å²) < 4.78 is 124. The number of benzene rings is 5. The van der Waals surface area contributed by atoms with Crippen LogP contribution in [0.3, 0.4) is 0 Å². The van der Waals surface area contributed by atoms with E-state index in [-0.39, 0.29) is 83.5 Å². The average molecular weight is 2050 g/mol. The molecule has 5 aromatic carbocycles. The third kappa shape index (κ3) is 25.3. The molecule has 4 unspecified atom stereocenters. The van der Waals surface area contributed by atoms with Gasteiger partial charge in [0.25, 0.3) is 69.3 Å². The summed E-state index contributed by atoms with van der Waals surface area (Å²) in [4.78, 5) is 103. The molecule has 4 amide bonds. The number of aromatic hydroxyl groups is 1. The maximum atomic E-state index is 13.4. The highest BCUT2D eigenvalue weighted by atomic mass is 35.5. The van der Waals surface area contributed by atoms with Gasteiger partial charge in [0.05, 0.1) is 49.5 Å². The summed E-state index contributed by atoms with van der Waals surface area (Å²) in [5.74, 6) is 1.23. The van der Waals surface area contributed by atoms with Crippen LogP contribution in [0.25, 0.3) is 11.3 Å². The van der Waals surface area contributed by atoms with Gasteiger partial charge in [-0.1, -0.05) is 124 Å². The van der Waals surface area contributed by atoms with Gasteiger partial charge in [-0.3, -0.25) is 24.0 Å². The number of nitriles is 1. The number of nitrogens with zero attached hydrogens (tertiary/aromatic N) is 12. The Morgan fingerprint density at radius 1 is 0.486 bits per heavy atom. The molecule has 33 nitrogen and oxygen atoms in total. The third-order valence-corrected chi connectivity index (χ3v) is 31.3. The minimum Gasteiger partial charge on any atom is -0.507 e. The Kier molecular flexibility index (Phi) is 32.2. The number of carbonyl (C=O) groups excluding carboxylic acids is 4. The molecule has 38 heteroatoms. The number of phenols is 1. The van der Waals surface area contributed by atoms with Crippen molar-refractivity contribution in [3.8, 4) is 40.6 Å². The highest BCUT2D eigenvalue weighted by molar-refractivity contribution is 7.91. The van der Waals surface area contributed by atoms with Crippen LogP contribution in [-0.2, 0) is 53.1 Å². The summed E-state index contributed by atoms with van der Waals surface area (Å²) in [6, 6.07) is 62.2. The van der Waals surface area contributed by atoms with Crippen molar-refractivity contribution in [3.05, 3.63) is 303 Å². The third-order valence-electron chi connectivity index (χ3n) is 25.8. The van der Waals surface area contributed by atoms with Crippen LogP contribution < -0.4 is 58.4 Å². The van der Waals surface area contributed by atoms with Crippen molar-refractivity contribution < 1.29 is 67.4 Å². The molecule has 0 bridgehead atoms. The lowest BCUT2D eigenvalue weighted by Crippen LogP contribution is -2.41. The quantitative estimate of drug-likeness (QED) is 0.0309. The molecule has 754 valence electrons. The number of ether oxygens (including phenoxy) is 2. The number of rotatable bonds is 25. The number of sulfonamides is 4. The van der Waals surface area contributed by atoms with Crippen LogP contribution in [0.5, 0.6) is 23.3 Å². The normalized spacial score (nSPS) is 18.3. The molecule has 144 heavy (non-hydrogen) atoms. The molecule has 12 aromatic rings. The topological polar surface area (TPSA) is 442 Å². The highest BCUT2D eigenvalue weighted by Gasteiger charge is 2.45. The number of carbonyl (C=O) groups is 4. The number of para-hydroxylation sites is 2. The van der Waals surface area contributed by atoms with Crippen LogP contribution in [0.2, 0.25) is 5.02 Å². The molecule has 0 saturated carbocycles. The molecule has 6 N–H and O–H groups in total. The van der Waals surface area contributed by atoms with E-state index in [1.807, 2.05) is 40.5 Å². The molecule has 5 fully saturated rings. The fourth-order valence-electron chi connectivity index (χ4n) is 19.6. The zero-order valence-electron chi connectivity index (χ0n) is 82.3. The Bertz CT molecular complexity index is 7380. The van der Waals surface area contributed by atoms with E-state index in [1.54, 1.807) is 153 Å². The van der Waals surface area contributed by atoms with Crippen molar-refractivity contribution >= 4 is 104 Å². The summed E-state index contributed by atoms with van der Waals surface area (Å²) >= 11 is 6.10. The van der Waals surface area contributed by atoms with E-state index in [4.69, 9.17) is 31.3 Å². The molecule has 5 saturated heterocycles. The first-order valence-corrected chi connectivity index (χ1v) is 53.6. The maximum absolute atomic E-state index is 13.4. The van der Waals surface area contributed by atoms with E-state index in [2.05, 4.69) is 158 Å². The fraction of sp³-hybridized carbons (Fsp3) is 0.340. The lowest BCUT2D eigenvalue weighted by molar-refractivity contribution is 0.0972. The smallest absolute Gasteiger partial charge is 0.281 e. The van der Waals surface area contributed by atoms with Crippen molar-refractivity contribution in [2.75, 3.05) is 63.8 Å². The molecule has 17 rings (SSSR count). The van der Waals surface area contributed by atoms with Crippen molar-refractivity contribution in [2.24, 2.45) is 29.6 Å². The standard InChI is InChI=1S/C31H38N4O3S.C26H27N5O4S.C25H28N4O5S.C24H25ClN4O4S/c1-23-20-31(2,3)35(21-23)29-28(15-8-16-32-29)30(36)33-39(37,38)27-14-7-13-26(19-27)34-17-9-12-25(22-34)18-24-10-5-4-6-11-24;1-18-14-26(2,3)31(16-18)24-21(9-6-12-28-24)25(32)30-36(33,34)23-11-5-10-22(29-23)35-17-20-8-4-7-19(13-20)15-27;1-15-13-25(3,4)29(14-15)22-18(10-11-19(27-22)17-8-5-7-16(2)21(17)30)23(31)28-35(33,34)20-9-6-12-26-24(20)32;1-16-14-24(2,3)29(15-16)22-17(8-7-13-26-22)23(30)28-34(31,32)21-12-6-11-20(27-21)33-19-10-5-4-9-18(19)25/h4-8,10-11,13-16,19,23,25H,9,12,17-18,20-22H2,1-3H3,(H,33,36);4-13,18H,14,16-17H2,1-3H3,(H,30,32);5-12,15,30H,13-14H2,1-4H3,(H,26,32)(H,28,31);4-13,16H,14-15H2,1-3H3,(H,28,30)/t;;15-;/m..0./s1. The number of pyridine rings is 7. The summed E-state index contributed by atoms with van der Waals surface area (Å²) in [7, 11) is -17.1. The summed E-state index contributed by atoms with van der Waals surface area (Å²) in [5, 5.41) is 19.3. The number of piperidine rings is 1. The Labute approximate surface area is 845 Å². The minimum atomic E-state index is -4.42. The van der Waals surface area contributed by atoms with Gasteiger partial charge < -0.3 is 44.1 Å². The van der Waals surface area contributed by atoms with Crippen LogP contribution in [0.4, 0.5) is 29.0 Å². The van der Waals surface area contributed by atoms with Crippen molar-refractivity contribution in [1.29, 1.82) is 5.26 Å². The molecule has 0 radical (unpaired) electrons. The van der Waals surface area contributed by atoms with E-state index < -0.39 is 74.2 Å². The Morgan fingerprint density at radius 2 is 0.951 bits per heavy atom. The van der Waals surface area contributed by atoms with Crippen molar-refractivity contribution in [1.82, 2.24) is 53.8 Å². The van der Waals surface area contributed by atoms with Gasteiger partial charge in [0.1, 0.15) is 41.4 Å². The van der Waals surface area contributed by atoms with Crippen LogP contribution in [0.15, 0.2) is 268 Å². The number of nitrogens with one attached hydrogen (secondary N) is 5. The number of hydrogen-bond acceptors (Lipinski definition) is 28. The van der Waals surface area contributed by atoms with Gasteiger partial charge in [-0.2, -0.15) is 32.1 Å². The number of aromatic nitrogens is 7. The van der Waals surface area contributed by atoms with Crippen LogP contribution in [-0.4, -0.2) is 159 Å². The first-order valence-electron chi connectivity index (χ1n) is 47.3. The first-order chi connectivity index (χ1) is 68.2. The predicted octanol–water partition coefficient (Wildman–Crippen LogP) is 16.8. The minimum absolute atomic E-state index is 0.0262. The SMILES string of the molecule is CC1CN(c2ncccc2C(=O)NS(=O)(=O)c2cccc(N3CCCC(Cc4ccccc4)C3)c2)C(C)(C)C1.CC1CN(c2ncccc2C(=O)NS(=O)(=O)c2cccc(OCc3cccc(C#N)c3)n2)C(C)(C)C1.CC1CN(c2ncccc2C(=O)NS(=O)(=O)c2cccc(Oc3ccccc3Cl)n2)C(C)(C)C1.Cc1cccc(-c2ccc(C(=O)NS(=O)(=O)c3ccc[nH]c3=O)c(N3C[C@@H](C)CC3(C)C)n2)c1O. The highest BCUT2D eigenvalue weighted by Crippen LogP contribution is 2.44. The van der Waals surface area contributed by atoms with Gasteiger partial charge in [-0.25, -0.2) is 55.7 Å². The molecule has 5 atom stereocenters. The first kappa shape index (κ1) is 106. The lowest BCUT2D eigenvalue weighted by atomic mass is 9.91. The van der Waals surface area contributed by atoms with Gasteiger partial charge in [-0.05, 0) is 275 Å². The van der Waals surface area contributed by atoms with Gasteiger partial charge in [0.2, 0.25) is 11.8 Å². The van der Waals surface area contributed by atoms with Gasteiger partial charge in [0.15, 0.2) is 14.9 Å². The monoisotopic (exact) mass is 2050 g/mol. The predicted molar refractivity (Wildman–Crippen MR) is 552 cm³/mol. The summed E-state index contributed by atoms with van der Waals surface area (Å²) in [5.41, 5.74) is 3.94. The van der Waals surface area contributed by atoms with Crippen LogP contribution in [0, 0.1) is 47.8 Å². The number of anilines is 5. The van der Waals surface area contributed by atoms with Gasteiger partial charge in [0, 0.05) is 110 Å². The number of aromatic amines is 1. The van der Waals surface area contributed by atoms with Gasteiger partial charge >= 0.3 is 0 Å². The number of H-pyrrole nitrogens is 1. The zero-order chi connectivity index (χ0) is 104. The van der Waals surface area contributed by atoms with E-state index in [0.29, 0.717) is 92.6 Å². The molecule has 12 heterocycles. The molecule has 7 aromatic heterocycles. The summed E-state index contributed by atoms with van der Waals surface area (Å²) in [6.45, 7) is 31.6. The van der Waals surface area contributed by atoms with E-state index in [1.165, 1.54) is 60.3 Å². The lowest BCUT2D eigenvalue weighted by Gasteiger charge is -2.34. The molecular formula is C106H118ClN17O16S4.